The molecule has 3 nitrogen and oxygen atoms in total. The van der Waals surface area contributed by atoms with Crippen molar-refractivity contribution in [3.63, 3.8) is 0 Å². The van der Waals surface area contributed by atoms with Crippen LogP contribution in [0.4, 0.5) is 8.78 Å². The van der Waals surface area contributed by atoms with Gasteiger partial charge in [0.1, 0.15) is 0 Å². The Morgan fingerprint density at radius 3 is 2.47 bits per heavy atom. The number of hydrogen-bond acceptors (Lipinski definition) is 3. The summed E-state index contributed by atoms with van der Waals surface area (Å²) < 4.78 is 34.6. The average Bonchev–Trinajstić information content (AvgIpc) is 2.71. The highest BCUT2D eigenvalue weighted by Crippen LogP contribution is 2.31. The molecule has 0 fully saturated rings. The molecule has 0 saturated carbocycles. The number of unbranched alkanes of at least 4 members (excludes halogenated alkanes) is 1. The minimum absolute atomic E-state index is 0.0223. The van der Waals surface area contributed by atoms with Gasteiger partial charge >= 0.3 is 5.97 Å². The zero-order chi connectivity index (χ0) is 22.7. The summed E-state index contributed by atoms with van der Waals surface area (Å²) >= 11 is 0. The maximum Gasteiger partial charge on any atom is 0.333 e. The zero-order valence-corrected chi connectivity index (χ0v) is 18.0. The molecule has 30 heavy (non-hydrogen) atoms. The first-order chi connectivity index (χ1) is 14.2. The molecule has 1 unspecified atom stereocenters. The maximum absolute atomic E-state index is 14.8. The first kappa shape index (κ1) is 25.5. The van der Waals surface area contributed by atoms with Crippen LogP contribution in [0.25, 0.3) is 5.57 Å². The van der Waals surface area contributed by atoms with Crippen LogP contribution in [0.2, 0.25) is 0 Å². The second kappa shape index (κ2) is 12.9. The normalized spacial score (nSPS) is 12.0. The third-order valence-electron chi connectivity index (χ3n) is 4.80. The van der Waals surface area contributed by atoms with E-state index < -0.39 is 23.5 Å². The second-order valence-corrected chi connectivity index (χ2v) is 7.36. The Kier molecular flexibility index (Phi) is 11.0. The Hall–Kier alpha value is -2.53. The molecule has 0 amide bonds. The number of benzene rings is 1. The van der Waals surface area contributed by atoms with Crippen molar-refractivity contribution in [2.24, 2.45) is 0 Å². The molecule has 1 rings (SSSR count). The zero-order valence-electron chi connectivity index (χ0n) is 18.0. The van der Waals surface area contributed by atoms with E-state index in [1.54, 1.807) is 12.2 Å². The number of allylic oxidation sites excluding steroid dienone is 4. The van der Waals surface area contributed by atoms with E-state index >= 15 is 0 Å². The summed E-state index contributed by atoms with van der Waals surface area (Å²) in [5.74, 6) is -2.99. The number of carbonyl (C=O) groups excluding carboxylic acids is 1. The van der Waals surface area contributed by atoms with Crippen LogP contribution in [-0.2, 0) is 9.53 Å². The van der Waals surface area contributed by atoms with Crippen LogP contribution in [0.15, 0.2) is 55.2 Å². The predicted molar refractivity (Wildman–Crippen MR) is 118 cm³/mol. The third-order valence-corrected chi connectivity index (χ3v) is 4.80. The van der Waals surface area contributed by atoms with Gasteiger partial charge in [-0.25, -0.2) is 13.6 Å². The van der Waals surface area contributed by atoms with E-state index in [2.05, 4.69) is 26.7 Å². The van der Waals surface area contributed by atoms with Gasteiger partial charge in [-0.15, -0.1) is 0 Å². The van der Waals surface area contributed by atoms with Crippen molar-refractivity contribution in [1.29, 1.82) is 0 Å². The molecular formula is C25H32F2O3. The van der Waals surface area contributed by atoms with Crippen molar-refractivity contribution in [3.8, 4) is 0 Å². The molecule has 1 aromatic rings. The van der Waals surface area contributed by atoms with Crippen LogP contribution in [0, 0.1) is 11.6 Å². The van der Waals surface area contributed by atoms with Gasteiger partial charge in [0.15, 0.2) is 11.6 Å². The lowest BCUT2D eigenvalue weighted by atomic mass is 9.90. The number of halogens is 2. The molecule has 1 N–H and O–H groups in total. The van der Waals surface area contributed by atoms with Crippen molar-refractivity contribution in [2.75, 3.05) is 13.2 Å². The number of hydrogen-bond donors (Lipinski definition) is 1. The first-order valence-corrected chi connectivity index (χ1v) is 10.2. The van der Waals surface area contributed by atoms with E-state index in [4.69, 9.17) is 4.74 Å². The lowest BCUT2D eigenvalue weighted by Crippen LogP contribution is -2.12. The predicted octanol–water partition coefficient (Wildman–Crippen LogP) is 6.26. The highest BCUT2D eigenvalue weighted by Gasteiger charge is 2.21. The lowest BCUT2D eigenvalue weighted by molar-refractivity contribution is -0.139. The molecule has 0 spiro atoms. The summed E-state index contributed by atoms with van der Waals surface area (Å²) in [5.41, 5.74) is 1.74. The van der Waals surface area contributed by atoms with Gasteiger partial charge in [0.2, 0.25) is 0 Å². The smallest absolute Gasteiger partial charge is 0.333 e. The Bertz CT molecular complexity index is 809. The molecule has 0 aliphatic rings. The van der Waals surface area contributed by atoms with Crippen LogP contribution in [0.3, 0.4) is 0 Å². The molecule has 0 saturated heterocycles. The van der Waals surface area contributed by atoms with Crippen LogP contribution >= 0.6 is 0 Å². The summed E-state index contributed by atoms with van der Waals surface area (Å²) in [6.07, 6.45) is 6.80. The van der Waals surface area contributed by atoms with Crippen molar-refractivity contribution in [3.05, 3.63) is 77.9 Å². The van der Waals surface area contributed by atoms with Gasteiger partial charge in [-0.1, -0.05) is 62.9 Å². The van der Waals surface area contributed by atoms with E-state index in [-0.39, 0.29) is 42.8 Å². The van der Waals surface area contributed by atoms with E-state index in [1.165, 1.54) is 19.1 Å². The Balaban J connectivity index is 2.96. The lowest BCUT2D eigenvalue weighted by Gasteiger charge is -2.18. The van der Waals surface area contributed by atoms with Gasteiger partial charge in [0.05, 0.1) is 6.61 Å². The van der Waals surface area contributed by atoms with Crippen molar-refractivity contribution in [1.82, 2.24) is 0 Å². The van der Waals surface area contributed by atoms with Crippen molar-refractivity contribution in [2.45, 2.75) is 51.9 Å². The summed E-state index contributed by atoms with van der Waals surface area (Å²) in [6.45, 7) is 14.7. The van der Waals surface area contributed by atoms with E-state index in [9.17, 15) is 18.7 Å². The molecule has 1 aromatic carbocycles. The number of ether oxygens (including phenoxy) is 1. The topological polar surface area (TPSA) is 46.5 Å². The molecule has 0 heterocycles. The van der Waals surface area contributed by atoms with Gasteiger partial charge in [-0.3, -0.25) is 0 Å². The van der Waals surface area contributed by atoms with E-state index in [0.717, 1.165) is 24.8 Å². The fourth-order valence-corrected chi connectivity index (χ4v) is 2.95. The fourth-order valence-electron chi connectivity index (χ4n) is 2.95. The molecule has 0 radical (unpaired) electrons. The van der Waals surface area contributed by atoms with Crippen molar-refractivity contribution < 1.29 is 23.4 Å². The minimum Gasteiger partial charge on any atom is -0.462 e. The molecule has 0 aliphatic carbocycles. The van der Waals surface area contributed by atoms with Crippen LogP contribution < -0.4 is 0 Å². The number of aliphatic hydroxyl groups excluding tert-OH is 1. The molecule has 0 bridgehead atoms. The minimum atomic E-state index is -0.983. The SMILES string of the molecule is C=C(/C=C\C(=C)c1ccc(C(CCO)CCOC(=O)C(=C)C)c(F)c1F)CCCC. The average molecular weight is 419 g/mol. The largest absolute Gasteiger partial charge is 0.462 e. The molecule has 0 aliphatic heterocycles. The third kappa shape index (κ3) is 7.71. The van der Waals surface area contributed by atoms with Crippen molar-refractivity contribution >= 4 is 11.5 Å². The van der Waals surface area contributed by atoms with Crippen LogP contribution in [0.1, 0.15) is 63.0 Å². The molecule has 5 heteroatoms. The molecule has 1 atom stereocenters. The summed E-state index contributed by atoms with van der Waals surface area (Å²) in [7, 11) is 0. The van der Waals surface area contributed by atoms with Gasteiger partial charge in [0.25, 0.3) is 0 Å². The van der Waals surface area contributed by atoms with Gasteiger partial charge < -0.3 is 9.84 Å². The molecule has 164 valence electrons. The standard InChI is InChI=1S/C25H32F2O3/c1-6-7-8-18(4)9-10-19(5)21-11-12-22(24(27)23(21)26)20(13-15-28)14-16-30-25(29)17(2)3/h9-12,20,28H,2,4-8,13-16H2,1,3H3/b10-9-. The first-order valence-electron chi connectivity index (χ1n) is 10.2. The number of aliphatic hydroxyl groups is 1. The van der Waals surface area contributed by atoms with Gasteiger partial charge in [0, 0.05) is 17.7 Å². The summed E-state index contributed by atoms with van der Waals surface area (Å²) in [5, 5.41) is 9.31. The fraction of sp³-hybridized carbons (Fsp3) is 0.400. The number of rotatable bonds is 13. The van der Waals surface area contributed by atoms with Crippen LogP contribution in [0.5, 0.6) is 0 Å². The van der Waals surface area contributed by atoms with E-state index in [1.807, 2.05) is 0 Å². The summed E-state index contributed by atoms with van der Waals surface area (Å²) in [6, 6.07) is 2.99. The second-order valence-electron chi connectivity index (χ2n) is 7.36. The molecular weight excluding hydrogens is 386 g/mol. The Morgan fingerprint density at radius 1 is 1.17 bits per heavy atom. The van der Waals surface area contributed by atoms with Gasteiger partial charge in [-0.2, -0.15) is 0 Å². The number of esters is 1. The van der Waals surface area contributed by atoms with Gasteiger partial charge in [-0.05, 0) is 49.7 Å². The van der Waals surface area contributed by atoms with Crippen LogP contribution in [-0.4, -0.2) is 24.3 Å². The highest BCUT2D eigenvalue weighted by atomic mass is 19.2. The summed E-state index contributed by atoms with van der Waals surface area (Å²) in [4.78, 5) is 11.5. The Morgan fingerprint density at radius 2 is 1.87 bits per heavy atom. The Labute approximate surface area is 178 Å². The molecule has 0 aromatic heterocycles. The quantitative estimate of drug-likeness (QED) is 0.234. The maximum atomic E-state index is 14.8. The highest BCUT2D eigenvalue weighted by molar-refractivity contribution is 5.86. The number of carbonyl (C=O) groups is 1. The van der Waals surface area contributed by atoms with E-state index in [0.29, 0.717) is 5.57 Å². The monoisotopic (exact) mass is 418 g/mol.